The SMILES string of the molecule is O=C(c1cc(-c2ccnnc2)n[nH]1)N1C[C@@H](CO)[C@H](c2ccc(Cl)cc2)C1. The number of likely N-dealkylation sites (tertiary alicyclic amines) is 1. The van der Waals surface area contributed by atoms with Gasteiger partial charge in [-0.25, -0.2) is 0 Å². The molecule has 0 unspecified atom stereocenters. The molecule has 0 radical (unpaired) electrons. The first-order valence-corrected chi connectivity index (χ1v) is 9.01. The van der Waals surface area contributed by atoms with Crippen molar-refractivity contribution in [1.29, 1.82) is 0 Å². The van der Waals surface area contributed by atoms with Gasteiger partial charge in [-0.05, 0) is 29.8 Å². The molecule has 2 N–H and O–H groups in total. The Morgan fingerprint density at radius 2 is 2.04 bits per heavy atom. The summed E-state index contributed by atoms with van der Waals surface area (Å²) in [4.78, 5) is 14.7. The van der Waals surface area contributed by atoms with Crippen LogP contribution in [0.25, 0.3) is 11.3 Å². The van der Waals surface area contributed by atoms with Crippen LogP contribution in [0.4, 0.5) is 0 Å². The van der Waals surface area contributed by atoms with Gasteiger partial charge in [0.25, 0.3) is 5.91 Å². The lowest BCUT2D eigenvalue weighted by molar-refractivity contribution is 0.0775. The average Bonchev–Trinajstić information content (AvgIpc) is 3.36. The smallest absolute Gasteiger partial charge is 0.271 e. The van der Waals surface area contributed by atoms with Gasteiger partial charge in [0.1, 0.15) is 5.69 Å². The Morgan fingerprint density at radius 1 is 1.22 bits per heavy atom. The minimum absolute atomic E-state index is 0.0121. The molecule has 1 fully saturated rings. The third kappa shape index (κ3) is 3.56. The molecule has 1 aliphatic rings. The van der Waals surface area contributed by atoms with Crippen molar-refractivity contribution in [3.05, 3.63) is 65.1 Å². The molecule has 1 aliphatic heterocycles. The Morgan fingerprint density at radius 3 is 2.74 bits per heavy atom. The van der Waals surface area contributed by atoms with Gasteiger partial charge in [0.15, 0.2) is 0 Å². The van der Waals surface area contributed by atoms with Crippen molar-refractivity contribution in [1.82, 2.24) is 25.3 Å². The summed E-state index contributed by atoms with van der Waals surface area (Å²) in [6, 6.07) is 11.1. The minimum atomic E-state index is -0.134. The van der Waals surface area contributed by atoms with E-state index >= 15 is 0 Å². The fourth-order valence-electron chi connectivity index (χ4n) is 3.50. The summed E-state index contributed by atoms with van der Waals surface area (Å²) >= 11 is 5.97. The fourth-order valence-corrected chi connectivity index (χ4v) is 3.63. The van der Waals surface area contributed by atoms with E-state index in [1.807, 2.05) is 24.3 Å². The molecule has 1 aromatic carbocycles. The summed E-state index contributed by atoms with van der Waals surface area (Å²) in [5, 5.41) is 25.0. The van der Waals surface area contributed by atoms with E-state index in [0.717, 1.165) is 11.1 Å². The molecule has 0 bridgehead atoms. The number of halogens is 1. The van der Waals surface area contributed by atoms with Crippen LogP contribution in [0, 0.1) is 5.92 Å². The van der Waals surface area contributed by atoms with E-state index in [4.69, 9.17) is 11.6 Å². The molecule has 3 heterocycles. The van der Waals surface area contributed by atoms with E-state index < -0.39 is 0 Å². The highest BCUT2D eigenvalue weighted by molar-refractivity contribution is 6.30. The molecular formula is C19H18ClN5O2. The van der Waals surface area contributed by atoms with E-state index in [1.54, 1.807) is 29.4 Å². The number of hydrogen-bond donors (Lipinski definition) is 2. The maximum atomic E-state index is 12.9. The number of carbonyl (C=O) groups excluding carboxylic acids is 1. The number of aliphatic hydroxyl groups excluding tert-OH is 1. The van der Waals surface area contributed by atoms with Gasteiger partial charge in [0, 0.05) is 42.1 Å². The second-order valence-corrected chi connectivity index (χ2v) is 7.05. The molecule has 2 aromatic heterocycles. The highest BCUT2D eigenvalue weighted by atomic mass is 35.5. The molecular weight excluding hydrogens is 366 g/mol. The molecule has 27 heavy (non-hydrogen) atoms. The van der Waals surface area contributed by atoms with Gasteiger partial charge in [0.05, 0.1) is 18.1 Å². The van der Waals surface area contributed by atoms with Crippen molar-refractivity contribution in [3.63, 3.8) is 0 Å². The summed E-state index contributed by atoms with van der Waals surface area (Å²) in [7, 11) is 0. The summed E-state index contributed by atoms with van der Waals surface area (Å²) < 4.78 is 0. The van der Waals surface area contributed by atoms with Crippen molar-refractivity contribution in [3.8, 4) is 11.3 Å². The monoisotopic (exact) mass is 383 g/mol. The fraction of sp³-hybridized carbons (Fsp3) is 0.263. The second kappa shape index (κ2) is 7.46. The Balaban J connectivity index is 1.53. The first-order chi connectivity index (χ1) is 13.2. The van der Waals surface area contributed by atoms with Gasteiger partial charge in [-0.15, -0.1) is 0 Å². The van der Waals surface area contributed by atoms with Crippen molar-refractivity contribution in [2.75, 3.05) is 19.7 Å². The van der Waals surface area contributed by atoms with Crippen LogP contribution in [-0.4, -0.2) is 56.0 Å². The van der Waals surface area contributed by atoms with Gasteiger partial charge >= 0.3 is 0 Å². The number of aromatic nitrogens is 4. The van der Waals surface area contributed by atoms with Gasteiger partial charge < -0.3 is 10.0 Å². The lowest BCUT2D eigenvalue weighted by Crippen LogP contribution is -2.29. The van der Waals surface area contributed by atoms with Crippen molar-refractivity contribution >= 4 is 17.5 Å². The number of benzene rings is 1. The molecule has 7 nitrogen and oxygen atoms in total. The van der Waals surface area contributed by atoms with Gasteiger partial charge in [0.2, 0.25) is 0 Å². The maximum absolute atomic E-state index is 12.9. The van der Waals surface area contributed by atoms with Crippen molar-refractivity contribution < 1.29 is 9.90 Å². The molecule has 138 valence electrons. The predicted octanol–water partition coefficient (Wildman–Crippen LogP) is 2.37. The standard InChI is InChI=1S/C19H18ClN5O2/c20-15-3-1-12(2-4-15)16-10-25(9-14(16)11-26)19(27)18-7-17(23-24-18)13-5-6-21-22-8-13/h1-8,14,16,26H,9-11H2,(H,23,24)/t14-,16-/m0/s1. The molecule has 0 spiro atoms. The van der Waals surface area contributed by atoms with Crippen LogP contribution in [0.5, 0.6) is 0 Å². The number of hydrogen-bond acceptors (Lipinski definition) is 5. The van der Waals surface area contributed by atoms with Crippen molar-refractivity contribution in [2.45, 2.75) is 5.92 Å². The van der Waals surface area contributed by atoms with E-state index in [2.05, 4.69) is 20.4 Å². The predicted molar refractivity (Wildman–Crippen MR) is 100 cm³/mol. The van der Waals surface area contributed by atoms with E-state index in [1.165, 1.54) is 0 Å². The highest BCUT2D eigenvalue weighted by Gasteiger charge is 2.36. The lowest BCUT2D eigenvalue weighted by Gasteiger charge is -2.16. The summed E-state index contributed by atoms with van der Waals surface area (Å²) in [6.07, 6.45) is 3.17. The Hall–Kier alpha value is -2.77. The summed E-state index contributed by atoms with van der Waals surface area (Å²) in [5.41, 5.74) is 2.91. The van der Waals surface area contributed by atoms with E-state index in [0.29, 0.717) is 29.5 Å². The number of amides is 1. The molecule has 0 aliphatic carbocycles. The number of rotatable bonds is 4. The Labute approximate surface area is 161 Å². The summed E-state index contributed by atoms with van der Waals surface area (Å²) in [6.45, 7) is 1.05. The van der Waals surface area contributed by atoms with Gasteiger partial charge in [-0.1, -0.05) is 23.7 Å². The molecule has 1 amide bonds. The molecule has 0 saturated carbocycles. The number of nitrogens with zero attached hydrogens (tertiary/aromatic N) is 4. The van der Waals surface area contributed by atoms with Crippen LogP contribution in [0.1, 0.15) is 22.0 Å². The molecule has 4 rings (SSSR count). The summed E-state index contributed by atoms with van der Waals surface area (Å²) in [5.74, 6) is -0.0735. The third-order valence-electron chi connectivity index (χ3n) is 4.95. The second-order valence-electron chi connectivity index (χ2n) is 6.61. The number of carbonyl (C=O) groups is 1. The number of aliphatic hydroxyl groups is 1. The van der Waals surface area contributed by atoms with Crippen LogP contribution in [0.3, 0.4) is 0 Å². The first-order valence-electron chi connectivity index (χ1n) is 8.64. The molecule has 1 saturated heterocycles. The van der Waals surface area contributed by atoms with Crippen LogP contribution < -0.4 is 0 Å². The van der Waals surface area contributed by atoms with E-state index in [9.17, 15) is 9.90 Å². The first kappa shape index (κ1) is 17.6. The zero-order valence-electron chi connectivity index (χ0n) is 14.4. The van der Waals surface area contributed by atoms with Crippen molar-refractivity contribution in [2.24, 2.45) is 5.92 Å². The maximum Gasteiger partial charge on any atom is 0.271 e. The number of aromatic amines is 1. The van der Waals surface area contributed by atoms with Gasteiger partial charge in [-0.3, -0.25) is 9.89 Å². The Kier molecular flexibility index (Phi) is 4.87. The number of nitrogens with one attached hydrogen (secondary N) is 1. The third-order valence-corrected chi connectivity index (χ3v) is 5.20. The van der Waals surface area contributed by atoms with Gasteiger partial charge in [-0.2, -0.15) is 15.3 Å². The van der Waals surface area contributed by atoms with Crippen LogP contribution in [0.2, 0.25) is 5.02 Å². The normalized spacial score (nSPS) is 19.4. The Bertz CT molecular complexity index is 929. The largest absolute Gasteiger partial charge is 0.396 e. The zero-order chi connectivity index (χ0) is 18.8. The van der Waals surface area contributed by atoms with Crippen LogP contribution >= 0.6 is 11.6 Å². The topological polar surface area (TPSA) is 95.0 Å². The zero-order valence-corrected chi connectivity index (χ0v) is 15.2. The van der Waals surface area contributed by atoms with Crippen LogP contribution in [-0.2, 0) is 0 Å². The minimum Gasteiger partial charge on any atom is -0.396 e. The quantitative estimate of drug-likeness (QED) is 0.721. The lowest BCUT2D eigenvalue weighted by atomic mass is 9.90. The van der Waals surface area contributed by atoms with E-state index in [-0.39, 0.29) is 24.3 Å². The number of H-pyrrole nitrogens is 1. The average molecular weight is 384 g/mol. The molecule has 2 atom stereocenters. The highest BCUT2D eigenvalue weighted by Crippen LogP contribution is 2.33. The molecule has 8 heteroatoms. The molecule has 3 aromatic rings. The van der Waals surface area contributed by atoms with Crippen LogP contribution in [0.15, 0.2) is 48.8 Å².